The van der Waals surface area contributed by atoms with Gasteiger partial charge in [-0.05, 0) is 98.7 Å². The van der Waals surface area contributed by atoms with Crippen molar-refractivity contribution in [1.82, 2.24) is 39.9 Å². The summed E-state index contributed by atoms with van der Waals surface area (Å²) in [5.74, 6) is 4.52. The van der Waals surface area contributed by atoms with E-state index < -0.39 is 0 Å². The minimum Gasteiger partial charge on any atom is -0.345 e. The van der Waals surface area contributed by atoms with Crippen molar-refractivity contribution >= 4 is 39.2 Å². The van der Waals surface area contributed by atoms with Gasteiger partial charge < -0.3 is 19.9 Å². The minimum absolute atomic E-state index is 0.448. The van der Waals surface area contributed by atoms with Gasteiger partial charge >= 0.3 is 0 Å². The van der Waals surface area contributed by atoms with Crippen molar-refractivity contribution in [1.29, 1.82) is 0 Å². The van der Waals surface area contributed by atoms with Gasteiger partial charge in [0.05, 0.1) is 38.8 Å². The Morgan fingerprint density at radius 1 is 0.644 bits per heavy atom. The van der Waals surface area contributed by atoms with Crippen LogP contribution in [0, 0.1) is 13.8 Å². The summed E-state index contributed by atoms with van der Waals surface area (Å²) in [7, 11) is 0. The second kappa shape index (κ2) is 11.8. The van der Waals surface area contributed by atoms with Crippen molar-refractivity contribution in [2.24, 2.45) is 0 Å². The van der Waals surface area contributed by atoms with Crippen molar-refractivity contribution in [2.75, 3.05) is 0 Å². The highest BCUT2D eigenvalue weighted by molar-refractivity contribution is 5.78. The van der Waals surface area contributed by atoms with Crippen LogP contribution in [0.5, 0.6) is 0 Å². The first-order valence-electron chi connectivity index (χ1n) is 16.0. The third-order valence-corrected chi connectivity index (χ3v) is 8.51. The number of fused-ring (bicyclic) bond motifs is 4. The maximum Gasteiger partial charge on any atom is 0.109 e. The lowest BCUT2D eigenvalue weighted by Crippen LogP contribution is -2.01. The molecule has 0 aliphatic heterocycles. The van der Waals surface area contributed by atoms with Gasteiger partial charge in [-0.2, -0.15) is 0 Å². The molecule has 8 nitrogen and oxygen atoms in total. The maximum absolute atomic E-state index is 4.75. The number of aryl methyl sites for hydroxylation is 4. The number of hydrogen-bond donors (Lipinski definition) is 4. The van der Waals surface area contributed by atoms with Crippen LogP contribution < -0.4 is 0 Å². The molecule has 7 aromatic rings. The highest BCUT2D eigenvalue weighted by atomic mass is 14.9. The smallest absolute Gasteiger partial charge is 0.109 e. The molecule has 0 fully saturated rings. The third-order valence-electron chi connectivity index (χ3n) is 8.51. The Bertz CT molecular complexity index is 2170. The van der Waals surface area contributed by atoms with E-state index >= 15 is 0 Å². The van der Waals surface area contributed by atoms with E-state index in [0.29, 0.717) is 5.92 Å². The second-order valence-electron chi connectivity index (χ2n) is 12.5. The fraction of sp³-hybridized carbons (Fsp3) is 0.297. The Balaban J connectivity index is 0.000000145. The molecule has 228 valence electrons. The lowest BCUT2D eigenvalue weighted by molar-refractivity contribution is 0.785. The van der Waals surface area contributed by atoms with Crippen LogP contribution >= 0.6 is 0 Å². The summed E-state index contributed by atoms with van der Waals surface area (Å²) in [6.07, 6.45) is 7.25. The van der Waals surface area contributed by atoms with E-state index in [9.17, 15) is 0 Å². The molecule has 1 aliphatic carbocycles. The molecule has 0 unspecified atom stereocenters. The van der Waals surface area contributed by atoms with Gasteiger partial charge in [-0.25, -0.2) is 19.9 Å². The van der Waals surface area contributed by atoms with Crippen LogP contribution in [-0.2, 0) is 25.7 Å². The standard InChI is InChI=1S/C19H22N4.C18H18N4/c1-11(2)19-22-16-7-5-14(10-18(16)23-19)8-13-4-6-15-17(9-13)21-12(3)20-15;1-3-18-21-15-7-5-13(10-17(15)22-18)8-12-4-6-14-16(9-12)20-11(2)19-14/h4,6,9-11H,5,7-8H2,1-3H3,(H,20,21)(H,22,23);4-7,9-10H,3,8H2,1-2H3,(H,19,20)(H,21,22). The van der Waals surface area contributed by atoms with Crippen LogP contribution in [0.1, 0.15) is 84.5 Å². The lowest BCUT2D eigenvalue weighted by atomic mass is 9.94. The predicted octanol–water partition coefficient (Wildman–Crippen LogP) is 8.19. The minimum atomic E-state index is 0.448. The van der Waals surface area contributed by atoms with Crippen LogP contribution in [0.3, 0.4) is 0 Å². The number of H-pyrrole nitrogens is 4. The lowest BCUT2D eigenvalue weighted by Gasteiger charge is -2.12. The topological polar surface area (TPSA) is 115 Å². The molecule has 0 atom stereocenters. The van der Waals surface area contributed by atoms with Crippen molar-refractivity contribution in [2.45, 2.75) is 72.6 Å². The molecule has 0 amide bonds. The molecule has 0 bridgehead atoms. The van der Waals surface area contributed by atoms with Crippen LogP contribution in [0.4, 0.5) is 0 Å². The molecule has 4 heterocycles. The average Bonchev–Trinajstić information content (AvgIpc) is 3.80. The number of nitrogens with zero attached hydrogens (tertiary/aromatic N) is 4. The summed E-state index contributed by atoms with van der Waals surface area (Å²) in [6, 6.07) is 19.4. The average molecular weight is 597 g/mol. The molecular weight excluding hydrogens is 556 g/mol. The molecule has 4 N–H and O–H groups in total. The Hall–Kier alpha value is -4.98. The molecule has 0 radical (unpaired) electrons. The molecule has 0 saturated heterocycles. The Labute approximate surface area is 262 Å². The van der Waals surface area contributed by atoms with Crippen LogP contribution in [-0.4, -0.2) is 39.9 Å². The van der Waals surface area contributed by atoms with Crippen LogP contribution in [0.25, 0.3) is 39.2 Å². The van der Waals surface area contributed by atoms with E-state index in [0.717, 1.165) is 94.2 Å². The largest absolute Gasteiger partial charge is 0.345 e. The number of aromatic amines is 4. The van der Waals surface area contributed by atoms with Gasteiger partial charge in [0.1, 0.15) is 23.3 Å². The molecule has 0 spiro atoms. The molecule has 1 aliphatic rings. The SMILES string of the molecule is CCc1nc2ccc(Cc3ccc4nc(C)[nH]c4c3)cc2[nH]1.Cc1nc2ccc(CC3=Cc4nc(C(C)C)[nH]c4CC3)cc2[nH]1. The first-order chi connectivity index (χ1) is 21.8. The van der Waals surface area contributed by atoms with Gasteiger partial charge in [0.15, 0.2) is 0 Å². The van der Waals surface area contributed by atoms with Crippen LogP contribution in [0.15, 0.2) is 60.2 Å². The van der Waals surface area contributed by atoms with Crippen molar-refractivity contribution < 1.29 is 0 Å². The van der Waals surface area contributed by atoms with Gasteiger partial charge in [-0.3, -0.25) is 0 Å². The van der Waals surface area contributed by atoms with Crippen molar-refractivity contribution in [3.05, 3.63) is 112 Å². The summed E-state index contributed by atoms with van der Waals surface area (Å²) in [5, 5.41) is 0. The summed E-state index contributed by atoms with van der Waals surface area (Å²) in [6.45, 7) is 10.4. The highest BCUT2D eigenvalue weighted by Crippen LogP contribution is 2.27. The molecule has 45 heavy (non-hydrogen) atoms. The summed E-state index contributed by atoms with van der Waals surface area (Å²) in [4.78, 5) is 31.7. The predicted molar refractivity (Wildman–Crippen MR) is 183 cm³/mol. The Morgan fingerprint density at radius 2 is 1.20 bits per heavy atom. The molecule has 0 saturated carbocycles. The van der Waals surface area contributed by atoms with E-state index in [1.807, 2.05) is 13.8 Å². The van der Waals surface area contributed by atoms with Crippen molar-refractivity contribution in [3.8, 4) is 0 Å². The highest BCUT2D eigenvalue weighted by Gasteiger charge is 2.17. The molecule has 3 aromatic carbocycles. The van der Waals surface area contributed by atoms with Crippen LogP contribution in [0.2, 0.25) is 0 Å². The number of rotatable bonds is 6. The number of hydrogen-bond acceptors (Lipinski definition) is 4. The van der Waals surface area contributed by atoms with E-state index in [1.54, 1.807) is 0 Å². The Morgan fingerprint density at radius 3 is 1.78 bits per heavy atom. The summed E-state index contributed by atoms with van der Waals surface area (Å²) in [5.41, 5.74) is 14.2. The zero-order valence-corrected chi connectivity index (χ0v) is 26.7. The number of benzene rings is 3. The summed E-state index contributed by atoms with van der Waals surface area (Å²) >= 11 is 0. The molecule has 4 aromatic heterocycles. The molecule has 8 rings (SSSR count). The zero-order valence-electron chi connectivity index (χ0n) is 26.7. The number of allylic oxidation sites excluding steroid dienone is 1. The normalized spacial score (nSPS) is 13.0. The van der Waals surface area contributed by atoms with Gasteiger partial charge in [-0.15, -0.1) is 0 Å². The number of nitrogens with one attached hydrogen (secondary N) is 4. The number of aromatic nitrogens is 8. The van der Waals surface area contributed by atoms with Gasteiger partial charge in [0, 0.05) is 18.0 Å². The Kier molecular flexibility index (Phi) is 7.57. The third kappa shape index (κ3) is 6.18. The van der Waals surface area contributed by atoms with Crippen molar-refractivity contribution in [3.63, 3.8) is 0 Å². The second-order valence-corrected chi connectivity index (χ2v) is 12.5. The van der Waals surface area contributed by atoms with Gasteiger partial charge in [-0.1, -0.05) is 44.5 Å². The summed E-state index contributed by atoms with van der Waals surface area (Å²) < 4.78 is 0. The number of imidazole rings is 4. The van der Waals surface area contributed by atoms with E-state index in [-0.39, 0.29) is 0 Å². The first kappa shape index (κ1) is 28.8. The maximum atomic E-state index is 4.75. The first-order valence-corrected chi connectivity index (χ1v) is 16.0. The van der Waals surface area contributed by atoms with Gasteiger partial charge in [0.25, 0.3) is 0 Å². The molecule has 8 heteroatoms. The quantitative estimate of drug-likeness (QED) is 0.155. The van der Waals surface area contributed by atoms with E-state index in [4.69, 9.17) is 4.98 Å². The monoisotopic (exact) mass is 596 g/mol. The van der Waals surface area contributed by atoms with E-state index in [2.05, 4.69) is 116 Å². The fourth-order valence-corrected chi connectivity index (χ4v) is 6.19. The molecular formula is C37H40N8. The zero-order chi connectivity index (χ0) is 31.1. The fourth-order valence-electron chi connectivity index (χ4n) is 6.19. The van der Waals surface area contributed by atoms with E-state index in [1.165, 1.54) is 28.0 Å². The van der Waals surface area contributed by atoms with Gasteiger partial charge in [0.2, 0.25) is 0 Å².